The predicted molar refractivity (Wildman–Crippen MR) is 141 cm³/mol. The van der Waals surface area contributed by atoms with Crippen LogP contribution in [0.2, 0.25) is 0 Å². The minimum atomic E-state index is -0.337. The molecule has 6 rings (SSSR count). The Kier molecular flexibility index (Phi) is 5.60. The van der Waals surface area contributed by atoms with Crippen molar-refractivity contribution in [3.63, 3.8) is 0 Å². The monoisotopic (exact) mass is 498 g/mol. The molecule has 0 saturated carbocycles. The van der Waals surface area contributed by atoms with Crippen LogP contribution in [0.3, 0.4) is 0 Å². The zero-order valence-corrected chi connectivity index (χ0v) is 21.3. The van der Waals surface area contributed by atoms with Crippen LogP contribution in [0.25, 0.3) is 5.70 Å². The van der Waals surface area contributed by atoms with Crippen molar-refractivity contribution in [3.8, 4) is 17.2 Å². The summed E-state index contributed by atoms with van der Waals surface area (Å²) in [6.07, 6.45) is 1.65. The van der Waals surface area contributed by atoms with Crippen molar-refractivity contribution in [2.75, 3.05) is 25.8 Å². The van der Waals surface area contributed by atoms with E-state index in [9.17, 15) is 0 Å². The highest BCUT2D eigenvalue weighted by molar-refractivity contribution is 7.98. The van der Waals surface area contributed by atoms with Gasteiger partial charge in [-0.15, -0.1) is 5.10 Å². The van der Waals surface area contributed by atoms with Gasteiger partial charge in [-0.25, -0.2) is 4.68 Å². The Morgan fingerprint density at radius 2 is 1.58 bits per heavy atom. The molecule has 0 fully saturated rings. The largest absolute Gasteiger partial charge is 0.497 e. The van der Waals surface area contributed by atoms with E-state index in [0.717, 1.165) is 50.8 Å². The number of rotatable bonds is 5. The molecular formula is C28H26N4O3S. The number of thioether (sulfide) groups is 1. The maximum absolute atomic E-state index is 6.73. The topological polar surface area (TPSA) is 70.4 Å². The van der Waals surface area contributed by atoms with E-state index in [0.29, 0.717) is 11.1 Å². The van der Waals surface area contributed by atoms with Gasteiger partial charge in [0.15, 0.2) is 0 Å². The summed E-state index contributed by atoms with van der Waals surface area (Å²) in [4.78, 5) is 4.77. The number of aromatic nitrogens is 3. The lowest BCUT2D eigenvalue weighted by molar-refractivity contribution is 0.222. The van der Waals surface area contributed by atoms with E-state index in [-0.39, 0.29) is 12.1 Å². The lowest BCUT2D eigenvalue weighted by Gasteiger charge is -2.39. The average molecular weight is 499 g/mol. The molecule has 0 radical (unpaired) electrons. The van der Waals surface area contributed by atoms with Gasteiger partial charge < -0.3 is 19.5 Å². The third-order valence-corrected chi connectivity index (χ3v) is 7.18. The number of hydrogen-bond donors (Lipinski definition) is 1. The molecule has 8 heteroatoms. The number of hydrogen-bond acceptors (Lipinski definition) is 7. The van der Waals surface area contributed by atoms with Crippen molar-refractivity contribution >= 4 is 23.4 Å². The second-order valence-corrected chi connectivity index (χ2v) is 9.54. The molecule has 0 spiro atoms. The second kappa shape index (κ2) is 8.95. The molecule has 1 aromatic heterocycles. The fourth-order valence-corrected chi connectivity index (χ4v) is 5.22. The van der Waals surface area contributed by atoms with Crippen molar-refractivity contribution in [2.45, 2.75) is 24.2 Å². The van der Waals surface area contributed by atoms with Crippen LogP contribution in [0.5, 0.6) is 17.2 Å². The molecule has 0 aliphatic carbocycles. The van der Waals surface area contributed by atoms with Gasteiger partial charge in [0, 0.05) is 11.1 Å². The Balaban J connectivity index is 1.60. The molecule has 0 unspecified atom stereocenters. The number of anilines is 1. The lowest BCUT2D eigenvalue weighted by atomic mass is 9.84. The van der Waals surface area contributed by atoms with Crippen LogP contribution in [0.1, 0.15) is 34.4 Å². The van der Waals surface area contributed by atoms with Crippen LogP contribution in [0, 0.1) is 6.92 Å². The molecule has 2 aliphatic rings. The van der Waals surface area contributed by atoms with Crippen LogP contribution in [0.4, 0.5) is 5.95 Å². The number of aryl methyl sites for hydroxylation is 1. The zero-order valence-electron chi connectivity index (χ0n) is 20.5. The molecule has 0 bridgehead atoms. The van der Waals surface area contributed by atoms with Gasteiger partial charge in [0.05, 0.1) is 19.9 Å². The van der Waals surface area contributed by atoms with Crippen LogP contribution in [0.15, 0.2) is 77.5 Å². The zero-order chi connectivity index (χ0) is 24.8. The summed E-state index contributed by atoms with van der Waals surface area (Å²) in [6.45, 7) is 2.09. The molecule has 3 heterocycles. The van der Waals surface area contributed by atoms with Gasteiger partial charge in [-0.05, 0) is 60.7 Å². The number of nitrogens with zero attached hydrogens (tertiary/aromatic N) is 3. The second-order valence-electron chi connectivity index (χ2n) is 8.77. The maximum Gasteiger partial charge on any atom is 0.227 e. The van der Waals surface area contributed by atoms with Crippen LogP contribution in [-0.4, -0.2) is 35.2 Å². The first-order chi connectivity index (χ1) is 17.6. The summed E-state index contributed by atoms with van der Waals surface area (Å²) in [6, 6.07) is 22.2. The molecule has 3 aromatic carbocycles. The summed E-state index contributed by atoms with van der Waals surface area (Å²) in [7, 11) is 3.35. The normalized spacial score (nSPS) is 17.9. The summed E-state index contributed by atoms with van der Waals surface area (Å²) < 4.78 is 19.5. The molecule has 36 heavy (non-hydrogen) atoms. The highest BCUT2D eigenvalue weighted by atomic mass is 32.2. The summed E-state index contributed by atoms with van der Waals surface area (Å²) >= 11 is 1.52. The summed E-state index contributed by atoms with van der Waals surface area (Å²) in [5.74, 6) is 3.15. The molecule has 7 nitrogen and oxygen atoms in total. The van der Waals surface area contributed by atoms with Crippen LogP contribution >= 0.6 is 11.8 Å². The average Bonchev–Trinajstić information content (AvgIpc) is 3.35. The van der Waals surface area contributed by atoms with E-state index in [1.54, 1.807) is 14.2 Å². The number of fused-ring (bicyclic) bond motifs is 3. The summed E-state index contributed by atoms with van der Waals surface area (Å²) in [5, 5.41) is 9.17. The Morgan fingerprint density at radius 3 is 2.22 bits per heavy atom. The smallest absolute Gasteiger partial charge is 0.227 e. The predicted octanol–water partition coefficient (Wildman–Crippen LogP) is 5.89. The first-order valence-electron chi connectivity index (χ1n) is 11.7. The molecule has 0 amide bonds. The molecule has 2 atom stereocenters. The van der Waals surface area contributed by atoms with Gasteiger partial charge in [0.2, 0.25) is 11.1 Å². The fourth-order valence-electron chi connectivity index (χ4n) is 4.87. The molecule has 182 valence electrons. The van der Waals surface area contributed by atoms with E-state index in [2.05, 4.69) is 48.6 Å². The van der Waals surface area contributed by atoms with Gasteiger partial charge in [0.1, 0.15) is 29.4 Å². The first kappa shape index (κ1) is 22.5. The van der Waals surface area contributed by atoms with Crippen molar-refractivity contribution in [3.05, 3.63) is 94.6 Å². The van der Waals surface area contributed by atoms with Gasteiger partial charge in [-0.1, -0.05) is 47.7 Å². The van der Waals surface area contributed by atoms with E-state index in [4.69, 9.17) is 24.3 Å². The number of benzene rings is 3. The van der Waals surface area contributed by atoms with Crippen molar-refractivity contribution < 1.29 is 14.2 Å². The standard InChI is InChI=1S/C28H26N4O3S/c1-16-5-14-22-21(15-16)24-23(26(35-22)18-8-12-20(34-3)13-9-18)25(17-6-10-19(33-2)11-7-17)32-27(29-24)30-28(31-32)36-4/h5-15,25-26H,1-4H3,(H,29,30,31)/t25-,26+/m1/s1. The van der Waals surface area contributed by atoms with E-state index in [1.807, 2.05) is 41.3 Å². The molecule has 0 saturated heterocycles. The highest BCUT2D eigenvalue weighted by Gasteiger charge is 2.41. The number of ether oxygens (including phenoxy) is 3. The first-order valence-corrected chi connectivity index (χ1v) is 12.9. The van der Waals surface area contributed by atoms with Crippen LogP contribution in [-0.2, 0) is 0 Å². The molecule has 1 N–H and O–H groups in total. The van der Waals surface area contributed by atoms with Gasteiger partial charge in [-0.2, -0.15) is 4.98 Å². The molecule has 4 aromatic rings. The molecule has 2 aliphatic heterocycles. The summed E-state index contributed by atoms with van der Waals surface area (Å²) in [5.41, 5.74) is 6.37. The number of nitrogens with one attached hydrogen (secondary N) is 1. The Bertz CT molecular complexity index is 1460. The maximum atomic E-state index is 6.73. The quantitative estimate of drug-likeness (QED) is 0.344. The SMILES string of the molecule is COc1ccc([C@@H]2Oc3ccc(C)cc3C3=C2[C@@H](c2ccc(OC)cc2)n2nc(SC)nc2N3)cc1. The minimum Gasteiger partial charge on any atom is -0.497 e. The Morgan fingerprint density at radius 1 is 0.917 bits per heavy atom. The van der Waals surface area contributed by atoms with E-state index >= 15 is 0 Å². The van der Waals surface area contributed by atoms with Crippen molar-refractivity contribution in [1.29, 1.82) is 0 Å². The van der Waals surface area contributed by atoms with Crippen molar-refractivity contribution in [2.24, 2.45) is 0 Å². The minimum absolute atomic E-state index is 0.226. The highest BCUT2D eigenvalue weighted by Crippen LogP contribution is 2.51. The van der Waals surface area contributed by atoms with Crippen molar-refractivity contribution in [1.82, 2.24) is 14.8 Å². The van der Waals surface area contributed by atoms with Gasteiger partial charge >= 0.3 is 0 Å². The fraction of sp³-hybridized carbons (Fsp3) is 0.214. The van der Waals surface area contributed by atoms with E-state index < -0.39 is 0 Å². The Labute approximate surface area is 214 Å². The van der Waals surface area contributed by atoms with Crippen LogP contribution < -0.4 is 19.5 Å². The van der Waals surface area contributed by atoms with E-state index in [1.165, 1.54) is 11.8 Å². The van der Waals surface area contributed by atoms with Gasteiger partial charge in [0.25, 0.3) is 0 Å². The third kappa shape index (κ3) is 3.69. The lowest BCUT2D eigenvalue weighted by Crippen LogP contribution is -2.32. The third-order valence-electron chi connectivity index (χ3n) is 6.64. The Hall–Kier alpha value is -3.91. The molecular weight excluding hydrogens is 472 g/mol. The number of methoxy groups -OCH3 is 2. The van der Waals surface area contributed by atoms with Gasteiger partial charge in [-0.3, -0.25) is 0 Å².